The standard InChI is InChI=1S/C14H23N5O2S/c1-4-6-8-15-11-10-18(3)14(20)19(11)12-16-17-13(22-12)21-9-7-5-2/h4-10H2,1-3H3. The minimum absolute atomic E-state index is 0.119. The zero-order chi connectivity index (χ0) is 15.9. The quantitative estimate of drug-likeness (QED) is 0.689. The smallest absolute Gasteiger partial charge is 0.332 e. The van der Waals surface area contributed by atoms with Crippen LogP contribution >= 0.6 is 11.3 Å². The topological polar surface area (TPSA) is 70.9 Å². The third kappa shape index (κ3) is 3.94. The molecule has 22 heavy (non-hydrogen) atoms. The number of amidine groups is 1. The van der Waals surface area contributed by atoms with Gasteiger partial charge in [0, 0.05) is 13.6 Å². The molecule has 7 nitrogen and oxygen atoms in total. The van der Waals surface area contributed by atoms with Crippen LogP contribution in [0.3, 0.4) is 0 Å². The number of ether oxygens (including phenoxy) is 1. The SMILES string of the molecule is CCCCN=C1CN(C)C(=O)N1c1nnc(OCCCC)s1. The van der Waals surface area contributed by atoms with Gasteiger partial charge in [-0.1, -0.05) is 31.8 Å². The zero-order valence-corrected chi connectivity index (χ0v) is 14.2. The molecule has 0 spiro atoms. The first-order valence-electron chi connectivity index (χ1n) is 7.72. The molecule has 0 atom stereocenters. The van der Waals surface area contributed by atoms with Crippen LogP contribution in [0.5, 0.6) is 5.19 Å². The molecule has 1 saturated heterocycles. The van der Waals surface area contributed by atoms with Gasteiger partial charge in [0.25, 0.3) is 5.19 Å². The van der Waals surface area contributed by atoms with Crippen LogP contribution in [0.15, 0.2) is 4.99 Å². The number of carbonyl (C=O) groups is 1. The zero-order valence-electron chi connectivity index (χ0n) is 13.4. The summed E-state index contributed by atoms with van der Waals surface area (Å²) >= 11 is 1.28. The Kier molecular flexibility index (Phi) is 6.11. The summed E-state index contributed by atoms with van der Waals surface area (Å²) in [6.45, 7) is 6.08. The number of aliphatic imine (C=N–C) groups is 1. The molecular formula is C14H23N5O2S. The summed E-state index contributed by atoms with van der Waals surface area (Å²) in [4.78, 5) is 20.0. The van der Waals surface area contributed by atoms with Crippen LogP contribution < -0.4 is 9.64 Å². The van der Waals surface area contributed by atoms with Crippen LogP contribution in [0.2, 0.25) is 0 Å². The van der Waals surface area contributed by atoms with E-state index < -0.39 is 0 Å². The predicted octanol–water partition coefficient (Wildman–Crippen LogP) is 2.79. The normalized spacial score (nSPS) is 16.9. The van der Waals surface area contributed by atoms with E-state index in [2.05, 4.69) is 29.0 Å². The number of anilines is 1. The molecule has 0 saturated carbocycles. The number of unbranched alkanes of at least 4 members (excludes halogenated alkanes) is 2. The van der Waals surface area contributed by atoms with Gasteiger partial charge in [0.1, 0.15) is 5.84 Å². The molecule has 2 rings (SSSR count). The van der Waals surface area contributed by atoms with Crippen molar-refractivity contribution < 1.29 is 9.53 Å². The molecule has 1 aromatic heterocycles. The van der Waals surface area contributed by atoms with Crippen molar-refractivity contribution in [1.29, 1.82) is 0 Å². The molecule has 1 aliphatic heterocycles. The van der Waals surface area contributed by atoms with Crippen LogP contribution in [0.4, 0.5) is 9.93 Å². The number of aromatic nitrogens is 2. The highest BCUT2D eigenvalue weighted by Gasteiger charge is 2.35. The molecule has 8 heteroatoms. The summed E-state index contributed by atoms with van der Waals surface area (Å²) < 4.78 is 5.54. The van der Waals surface area contributed by atoms with Crippen LogP contribution in [-0.4, -0.2) is 53.7 Å². The van der Waals surface area contributed by atoms with Gasteiger partial charge in [0.05, 0.1) is 13.2 Å². The van der Waals surface area contributed by atoms with Gasteiger partial charge in [0.2, 0.25) is 5.13 Å². The second kappa shape index (κ2) is 8.07. The number of likely N-dealkylation sites (N-methyl/N-ethyl adjacent to an activating group) is 1. The van der Waals surface area contributed by atoms with Crippen molar-refractivity contribution in [1.82, 2.24) is 15.1 Å². The molecule has 1 aliphatic rings. The average molecular weight is 325 g/mol. The fourth-order valence-electron chi connectivity index (χ4n) is 1.97. The summed E-state index contributed by atoms with van der Waals surface area (Å²) in [5.74, 6) is 0.734. The van der Waals surface area contributed by atoms with Gasteiger partial charge < -0.3 is 9.64 Å². The van der Waals surface area contributed by atoms with Gasteiger partial charge >= 0.3 is 6.03 Å². The molecule has 0 unspecified atom stereocenters. The Labute approximate surface area is 135 Å². The van der Waals surface area contributed by atoms with Gasteiger partial charge in [-0.05, 0) is 24.2 Å². The number of nitrogens with zero attached hydrogens (tertiary/aromatic N) is 5. The maximum Gasteiger partial charge on any atom is 0.332 e. The van der Waals surface area contributed by atoms with E-state index in [1.165, 1.54) is 11.3 Å². The fraction of sp³-hybridized carbons (Fsp3) is 0.714. The van der Waals surface area contributed by atoms with E-state index in [1.807, 2.05) is 0 Å². The van der Waals surface area contributed by atoms with Crippen molar-refractivity contribution in [3.05, 3.63) is 0 Å². The van der Waals surface area contributed by atoms with E-state index in [0.717, 1.165) is 38.1 Å². The van der Waals surface area contributed by atoms with E-state index in [4.69, 9.17) is 4.74 Å². The fourth-order valence-corrected chi connectivity index (χ4v) is 2.70. The van der Waals surface area contributed by atoms with Gasteiger partial charge in [-0.3, -0.25) is 4.99 Å². The lowest BCUT2D eigenvalue weighted by Gasteiger charge is -2.11. The Balaban J connectivity index is 2.09. The first-order valence-corrected chi connectivity index (χ1v) is 8.53. The highest BCUT2D eigenvalue weighted by Crippen LogP contribution is 2.29. The first kappa shape index (κ1) is 16.7. The minimum atomic E-state index is -0.119. The van der Waals surface area contributed by atoms with Crippen molar-refractivity contribution in [3.63, 3.8) is 0 Å². The monoisotopic (exact) mass is 325 g/mol. The second-order valence-electron chi connectivity index (χ2n) is 5.18. The molecule has 122 valence electrons. The van der Waals surface area contributed by atoms with Crippen molar-refractivity contribution in [3.8, 4) is 5.19 Å². The van der Waals surface area contributed by atoms with E-state index in [0.29, 0.717) is 23.5 Å². The summed E-state index contributed by atoms with van der Waals surface area (Å²) in [5.41, 5.74) is 0. The highest BCUT2D eigenvalue weighted by molar-refractivity contribution is 7.17. The molecule has 0 aliphatic carbocycles. The van der Waals surface area contributed by atoms with Gasteiger partial charge in [-0.25, -0.2) is 9.69 Å². The van der Waals surface area contributed by atoms with Crippen LogP contribution in [0, 0.1) is 0 Å². The van der Waals surface area contributed by atoms with Gasteiger partial charge in [0.15, 0.2) is 0 Å². The van der Waals surface area contributed by atoms with E-state index >= 15 is 0 Å². The largest absolute Gasteiger partial charge is 0.469 e. The first-order chi connectivity index (χ1) is 10.7. The Bertz CT molecular complexity index is 531. The number of hydrogen-bond acceptors (Lipinski definition) is 6. The van der Waals surface area contributed by atoms with Gasteiger partial charge in [-0.15, -0.1) is 5.10 Å². The van der Waals surface area contributed by atoms with Crippen molar-refractivity contribution in [2.24, 2.45) is 4.99 Å². The maximum atomic E-state index is 12.3. The van der Waals surface area contributed by atoms with E-state index in [1.54, 1.807) is 16.8 Å². The van der Waals surface area contributed by atoms with E-state index in [-0.39, 0.29) is 6.03 Å². The maximum absolute atomic E-state index is 12.3. The summed E-state index contributed by atoms with van der Waals surface area (Å²) in [6.07, 6.45) is 4.13. The Morgan fingerprint density at radius 3 is 2.77 bits per heavy atom. The third-order valence-electron chi connectivity index (χ3n) is 3.27. The van der Waals surface area contributed by atoms with Crippen molar-refractivity contribution in [2.75, 3.05) is 31.6 Å². The number of urea groups is 1. The molecule has 0 bridgehead atoms. The molecule has 1 aromatic rings. The Hall–Kier alpha value is -1.70. The summed E-state index contributed by atoms with van der Waals surface area (Å²) in [6, 6.07) is -0.119. The van der Waals surface area contributed by atoms with Crippen LogP contribution in [0.25, 0.3) is 0 Å². The average Bonchev–Trinajstić information content (AvgIpc) is 3.06. The van der Waals surface area contributed by atoms with Crippen LogP contribution in [0.1, 0.15) is 39.5 Å². The number of amides is 2. The third-order valence-corrected chi connectivity index (χ3v) is 4.09. The summed E-state index contributed by atoms with van der Waals surface area (Å²) in [5, 5.41) is 9.11. The number of rotatable bonds is 8. The molecule has 1 fully saturated rings. The molecule has 0 N–H and O–H groups in total. The van der Waals surface area contributed by atoms with Crippen molar-refractivity contribution in [2.45, 2.75) is 39.5 Å². The molecule has 2 heterocycles. The lowest BCUT2D eigenvalue weighted by Crippen LogP contribution is -2.31. The Morgan fingerprint density at radius 2 is 2.05 bits per heavy atom. The lowest BCUT2D eigenvalue weighted by atomic mass is 10.3. The molecule has 0 aromatic carbocycles. The number of hydrogen-bond donors (Lipinski definition) is 0. The Morgan fingerprint density at radius 1 is 1.27 bits per heavy atom. The highest BCUT2D eigenvalue weighted by atomic mass is 32.1. The molecule has 0 radical (unpaired) electrons. The number of carbonyl (C=O) groups excluding carboxylic acids is 1. The molecular weight excluding hydrogens is 302 g/mol. The minimum Gasteiger partial charge on any atom is -0.469 e. The van der Waals surface area contributed by atoms with Crippen molar-refractivity contribution >= 4 is 28.3 Å². The van der Waals surface area contributed by atoms with Crippen LogP contribution in [-0.2, 0) is 0 Å². The predicted molar refractivity (Wildman–Crippen MR) is 88.0 cm³/mol. The second-order valence-corrected chi connectivity index (χ2v) is 6.10. The van der Waals surface area contributed by atoms with E-state index in [9.17, 15) is 4.79 Å². The summed E-state index contributed by atoms with van der Waals surface area (Å²) in [7, 11) is 1.76. The lowest BCUT2D eigenvalue weighted by molar-refractivity contribution is 0.229. The van der Waals surface area contributed by atoms with Gasteiger partial charge in [-0.2, -0.15) is 0 Å². The molecule has 2 amide bonds.